The van der Waals surface area contributed by atoms with Gasteiger partial charge in [0, 0.05) is 6.61 Å². The van der Waals surface area contributed by atoms with Crippen molar-refractivity contribution < 1.29 is 19.4 Å². The average molecular weight is 213 g/mol. The van der Waals surface area contributed by atoms with Crippen LogP contribution in [0.15, 0.2) is 0 Å². The maximum Gasteiger partial charge on any atom is 0.319 e. The summed E-state index contributed by atoms with van der Waals surface area (Å²) in [5.74, 6) is -1.35. The summed E-state index contributed by atoms with van der Waals surface area (Å²) >= 11 is 0. The van der Waals surface area contributed by atoms with Crippen molar-refractivity contribution in [3.63, 3.8) is 0 Å². The van der Waals surface area contributed by atoms with E-state index in [0.29, 0.717) is 19.4 Å². The molecule has 2 aliphatic rings. The third-order valence-corrected chi connectivity index (χ3v) is 3.09. The maximum atomic E-state index is 11.7. The molecule has 0 bridgehead atoms. The van der Waals surface area contributed by atoms with E-state index >= 15 is 0 Å². The van der Waals surface area contributed by atoms with Gasteiger partial charge in [-0.2, -0.15) is 0 Å². The highest BCUT2D eigenvalue weighted by atomic mass is 16.5. The summed E-state index contributed by atoms with van der Waals surface area (Å²) in [7, 11) is 0. The molecule has 1 amide bonds. The first kappa shape index (κ1) is 10.4. The van der Waals surface area contributed by atoms with Gasteiger partial charge >= 0.3 is 5.97 Å². The first-order valence-corrected chi connectivity index (χ1v) is 5.27. The number of amides is 1. The lowest BCUT2D eigenvalue weighted by Crippen LogP contribution is -2.46. The van der Waals surface area contributed by atoms with Crippen LogP contribution in [0, 0.1) is 5.41 Å². The fourth-order valence-corrected chi connectivity index (χ4v) is 1.84. The Hall–Kier alpha value is -1.10. The van der Waals surface area contributed by atoms with Gasteiger partial charge in [0.2, 0.25) is 5.91 Å². The van der Waals surface area contributed by atoms with Gasteiger partial charge in [-0.25, -0.2) is 0 Å². The highest BCUT2D eigenvalue weighted by molar-refractivity contribution is 6.04. The Morgan fingerprint density at radius 2 is 2.13 bits per heavy atom. The largest absolute Gasteiger partial charge is 0.480 e. The fraction of sp³-hybridized carbons (Fsp3) is 0.800. The molecule has 0 aromatic rings. The number of carbonyl (C=O) groups is 2. The van der Waals surface area contributed by atoms with Gasteiger partial charge in [0.05, 0.1) is 12.6 Å². The van der Waals surface area contributed by atoms with Crippen molar-refractivity contribution in [2.45, 2.75) is 31.7 Å². The molecule has 15 heavy (non-hydrogen) atoms. The molecule has 1 aliphatic heterocycles. The van der Waals surface area contributed by atoms with Crippen molar-refractivity contribution in [1.82, 2.24) is 5.32 Å². The Balaban J connectivity index is 1.89. The Kier molecular flexibility index (Phi) is 2.65. The zero-order valence-electron chi connectivity index (χ0n) is 8.49. The highest BCUT2D eigenvalue weighted by Crippen LogP contribution is 2.46. The molecule has 0 radical (unpaired) electrons. The molecule has 84 valence electrons. The Labute approximate surface area is 87.8 Å². The molecule has 5 heteroatoms. The van der Waals surface area contributed by atoms with Crippen LogP contribution < -0.4 is 5.32 Å². The molecule has 1 atom stereocenters. The molecule has 0 aromatic heterocycles. The number of ether oxygens (including phenoxy) is 1. The molecular weight excluding hydrogens is 198 g/mol. The van der Waals surface area contributed by atoms with Gasteiger partial charge < -0.3 is 15.2 Å². The second-order valence-electron chi connectivity index (χ2n) is 4.27. The third-order valence-electron chi connectivity index (χ3n) is 3.09. The van der Waals surface area contributed by atoms with Crippen molar-refractivity contribution in [3.05, 3.63) is 0 Å². The summed E-state index contributed by atoms with van der Waals surface area (Å²) in [4.78, 5) is 22.6. The molecule has 1 unspecified atom stereocenters. The smallest absolute Gasteiger partial charge is 0.319 e. The van der Waals surface area contributed by atoms with Crippen LogP contribution in [0.4, 0.5) is 0 Å². The summed E-state index contributed by atoms with van der Waals surface area (Å²) in [6, 6.07) is -0.0110. The number of carboxylic acids is 1. The van der Waals surface area contributed by atoms with E-state index in [9.17, 15) is 9.59 Å². The van der Waals surface area contributed by atoms with Crippen LogP contribution in [0.5, 0.6) is 0 Å². The lowest BCUT2D eigenvalue weighted by atomic mass is 10.0. The van der Waals surface area contributed by atoms with Gasteiger partial charge in [0.15, 0.2) is 0 Å². The van der Waals surface area contributed by atoms with Crippen LogP contribution in [0.3, 0.4) is 0 Å². The SMILES string of the molecule is O=C(O)C1(C(=O)NC2CCCOC2)CC1. The predicted octanol–water partition coefficient (Wildman–Crippen LogP) is 0.146. The molecule has 1 saturated carbocycles. The van der Waals surface area contributed by atoms with Crippen molar-refractivity contribution in [2.24, 2.45) is 5.41 Å². The Bertz CT molecular complexity index is 279. The minimum atomic E-state index is -1.13. The molecule has 1 saturated heterocycles. The van der Waals surface area contributed by atoms with Crippen LogP contribution in [-0.2, 0) is 14.3 Å². The van der Waals surface area contributed by atoms with E-state index in [1.54, 1.807) is 0 Å². The van der Waals surface area contributed by atoms with E-state index in [4.69, 9.17) is 9.84 Å². The van der Waals surface area contributed by atoms with Crippen LogP contribution in [0.2, 0.25) is 0 Å². The number of hydrogen-bond acceptors (Lipinski definition) is 3. The Morgan fingerprint density at radius 1 is 1.40 bits per heavy atom. The number of rotatable bonds is 3. The number of hydrogen-bond donors (Lipinski definition) is 2. The highest BCUT2D eigenvalue weighted by Gasteiger charge is 2.57. The van der Waals surface area contributed by atoms with E-state index in [-0.39, 0.29) is 11.9 Å². The second kappa shape index (κ2) is 3.81. The normalized spacial score (nSPS) is 28.1. The molecule has 1 heterocycles. The summed E-state index contributed by atoms with van der Waals surface area (Å²) in [6.45, 7) is 1.23. The van der Waals surface area contributed by atoms with E-state index in [0.717, 1.165) is 19.4 Å². The molecule has 2 N–H and O–H groups in total. The summed E-state index contributed by atoms with van der Waals surface area (Å²) in [5.41, 5.74) is -1.13. The van der Waals surface area contributed by atoms with Crippen molar-refractivity contribution in [2.75, 3.05) is 13.2 Å². The second-order valence-corrected chi connectivity index (χ2v) is 4.27. The third kappa shape index (κ3) is 1.97. The summed E-state index contributed by atoms with van der Waals surface area (Å²) in [5, 5.41) is 11.7. The van der Waals surface area contributed by atoms with Crippen molar-refractivity contribution in [3.8, 4) is 0 Å². The monoisotopic (exact) mass is 213 g/mol. The quantitative estimate of drug-likeness (QED) is 0.654. The van der Waals surface area contributed by atoms with Gasteiger partial charge in [-0.15, -0.1) is 0 Å². The van der Waals surface area contributed by atoms with Crippen molar-refractivity contribution in [1.29, 1.82) is 0 Å². The number of nitrogens with one attached hydrogen (secondary N) is 1. The van der Waals surface area contributed by atoms with Gasteiger partial charge in [-0.1, -0.05) is 0 Å². The van der Waals surface area contributed by atoms with Crippen LogP contribution in [-0.4, -0.2) is 36.2 Å². The minimum absolute atomic E-state index is 0.0110. The van der Waals surface area contributed by atoms with E-state index in [1.165, 1.54) is 0 Å². The molecule has 2 rings (SSSR count). The lowest BCUT2D eigenvalue weighted by Gasteiger charge is -2.24. The summed E-state index contributed by atoms with van der Waals surface area (Å²) < 4.78 is 5.21. The van der Waals surface area contributed by atoms with Gasteiger partial charge in [-0.05, 0) is 25.7 Å². The molecule has 0 aromatic carbocycles. The average Bonchev–Trinajstić information content (AvgIpc) is 2.99. The molecule has 2 fully saturated rings. The van der Waals surface area contributed by atoms with Gasteiger partial charge in [-0.3, -0.25) is 9.59 Å². The zero-order chi connectivity index (χ0) is 10.9. The standard InChI is InChI=1S/C10H15NO4/c12-8(10(3-4-10)9(13)14)11-7-2-1-5-15-6-7/h7H,1-6H2,(H,11,12)(H,13,14). The molecular formula is C10H15NO4. The van der Waals surface area contributed by atoms with E-state index in [2.05, 4.69) is 5.32 Å². The summed E-state index contributed by atoms with van der Waals surface area (Å²) in [6.07, 6.45) is 2.72. The minimum Gasteiger partial charge on any atom is -0.480 e. The number of carbonyl (C=O) groups excluding carboxylic acids is 1. The first-order chi connectivity index (χ1) is 7.15. The van der Waals surface area contributed by atoms with Crippen LogP contribution >= 0.6 is 0 Å². The Morgan fingerprint density at radius 3 is 2.60 bits per heavy atom. The predicted molar refractivity (Wildman–Crippen MR) is 51.3 cm³/mol. The van der Waals surface area contributed by atoms with Gasteiger partial charge in [0.1, 0.15) is 5.41 Å². The van der Waals surface area contributed by atoms with Crippen LogP contribution in [0.1, 0.15) is 25.7 Å². The van der Waals surface area contributed by atoms with Crippen molar-refractivity contribution >= 4 is 11.9 Å². The zero-order valence-corrected chi connectivity index (χ0v) is 8.49. The topological polar surface area (TPSA) is 75.6 Å². The maximum absolute atomic E-state index is 11.7. The molecule has 1 aliphatic carbocycles. The molecule has 0 spiro atoms. The first-order valence-electron chi connectivity index (χ1n) is 5.27. The number of aliphatic carboxylic acids is 1. The molecule has 5 nitrogen and oxygen atoms in total. The fourth-order valence-electron chi connectivity index (χ4n) is 1.84. The number of carboxylic acid groups (broad SMARTS) is 1. The van der Waals surface area contributed by atoms with E-state index < -0.39 is 11.4 Å². The van der Waals surface area contributed by atoms with Crippen LogP contribution in [0.25, 0.3) is 0 Å². The lowest BCUT2D eigenvalue weighted by molar-refractivity contribution is -0.149. The van der Waals surface area contributed by atoms with Gasteiger partial charge in [0.25, 0.3) is 0 Å². The van der Waals surface area contributed by atoms with E-state index in [1.807, 2.05) is 0 Å².